The maximum absolute atomic E-state index is 13.6. The van der Waals surface area contributed by atoms with Crippen LogP contribution in [0.4, 0.5) is 17.6 Å². The minimum atomic E-state index is -4.48. The lowest BCUT2D eigenvalue weighted by atomic mass is 10.1. The zero-order valence-electron chi connectivity index (χ0n) is 11.6. The number of carbonyl (C=O) groups is 1. The third-order valence-corrected chi connectivity index (χ3v) is 3.04. The first-order valence-electron chi connectivity index (χ1n) is 6.37. The lowest BCUT2D eigenvalue weighted by Gasteiger charge is -2.13. The summed E-state index contributed by atoms with van der Waals surface area (Å²) in [6.07, 6.45) is -4.48. The minimum Gasteiger partial charge on any atom is -0.489 e. The summed E-state index contributed by atoms with van der Waals surface area (Å²) in [6, 6.07) is 8.56. The molecule has 0 N–H and O–H groups in total. The topological polar surface area (TPSA) is 26.3 Å². The average Bonchev–Trinajstić information content (AvgIpc) is 2.44. The van der Waals surface area contributed by atoms with Gasteiger partial charge in [-0.3, -0.25) is 4.79 Å². The Labute approximate surface area is 124 Å². The van der Waals surface area contributed by atoms with Gasteiger partial charge in [0.05, 0.1) is 11.1 Å². The molecule has 0 bridgehead atoms. The highest BCUT2D eigenvalue weighted by Crippen LogP contribution is 2.32. The fourth-order valence-corrected chi connectivity index (χ4v) is 1.95. The number of hydrogen-bond donors (Lipinski definition) is 0. The molecule has 0 unspecified atom stereocenters. The summed E-state index contributed by atoms with van der Waals surface area (Å²) in [5, 5.41) is 0. The van der Waals surface area contributed by atoms with Gasteiger partial charge in [0, 0.05) is 11.6 Å². The SMILES string of the molecule is CC(=O)c1ccc(OCc2ccccc2C(F)(F)F)cc1F. The Morgan fingerprint density at radius 1 is 1.14 bits per heavy atom. The lowest BCUT2D eigenvalue weighted by molar-refractivity contribution is -0.138. The summed E-state index contributed by atoms with van der Waals surface area (Å²) in [5.74, 6) is -1.15. The third kappa shape index (κ3) is 3.63. The second kappa shape index (κ2) is 6.17. The Kier molecular flexibility index (Phi) is 4.49. The lowest BCUT2D eigenvalue weighted by Crippen LogP contribution is -2.10. The molecule has 0 saturated heterocycles. The molecule has 0 aliphatic heterocycles. The zero-order valence-corrected chi connectivity index (χ0v) is 11.6. The van der Waals surface area contributed by atoms with Crippen LogP contribution in [0.2, 0.25) is 0 Å². The first-order chi connectivity index (χ1) is 10.3. The molecule has 0 aliphatic carbocycles. The fourth-order valence-electron chi connectivity index (χ4n) is 1.95. The van der Waals surface area contributed by atoms with Crippen molar-refractivity contribution in [1.29, 1.82) is 0 Å². The van der Waals surface area contributed by atoms with Gasteiger partial charge in [-0.25, -0.2) is 4.39 Å². The van der Waals surface area contributed by atoms with Gasteiger partial charge in [-0.1, -0.05) is 18.2 Å². The van der Waals surface area contributed by atoms with Crippen LogP contribution in [0.25, 0.3) is 0 Å². The molecule has 0 amide bonds. The standard InChI is InChI=1S/C16H12F4O2/c1-10(21)13-7-6-12(8-15(13)17)22-9-11-4-2-3-5-14(11)16(18,19)20/h2-8H,9H2,1H3. The van der Waals surface area contributed by atoms with Crippen LogP contribution in [0.5, 0.6) is 5.75 Å². The maximum Gasteiger partial charge on any atom is 0.416 e. The molecular formula is C16H12F4O2. The van der Waals surface area contributed by atoms with Gasteiger partial charge in [0.15, 0.2) is 5.78 Å². The molecule has 2 rings (SSSR count). The van der Waals surface area contributed by atoms with E-state index < -0.39 is 23.3 Å². The number of ketones is 1. The zero-order chi connectivity index (χ0) is 16.3. The first kappa shape index (κ1) is 16.0. The summed E-state index contributed by atoms with van der Waals surface area (Å²) in [7, 11) is 0. The number of halogens is 4. The van der Waals surface area contributed by atoms with Gasteiger partial charge in [0.25, 0.3) is 0 Å². The van der Waals surface area contributed by atoms with Gasteiger partial charge >= 0.3 is 6.18 Å². The highest BCUT2D eigenvalue weighted by molar-refractivity contribution is 5.94. The Hall–Kier alpha value is -2.37. The van der Waals surface area contributed by atoms with E-state index >= 15 is 0 Å². The number of benzene rings is 2. The summed E-state index contributed by atoms with van der Waals surface area (Å²) in [4.78, 5) is 11.1. The van der Waals surface area contributed by atoms with E-state index in [-0.39, 0.29) is 23.5 Å². The van der Waals surface area contributed by atoms with Crippen LogP contribution in [0.3, 0.4) is 0 Å². The predicted molar refractivity (Wildman–Crippen MR) is 72.2 cm³/mol. The van der Waals surface area contributed by atoms with Crippen LogP contribution in [0.15, 0.2) is 42.5 Å². The molecule has 0 fully saturated rings. The first-order valence-corrected chi connectivity index (χ1v) is 6.37. The van der Waals surface area contributed by atoms with E-state index in [4.69, 9.17) is 4.74 Å². The third-order valence-electron chi connectivity index (χ3n) is 3.04. The molecule has 116 valence electrons. The van der Waals surface area contributed by atoms with Crippen molar-refractivity contribution < 1.29 is 27.1 Å². The molecular weight excluding hydrogens is 300 g/mol. The summed E-state index contributed by atoms with van der Waals surface area (Å²) in [5.41, 5.74) is -0.940. The summed E-state index contributed by atoms with van der Waals surface area (Å²) >= 11 is 0. The van der Waals surface area contributed by atoms with Crippen LogP contribution in [-0.2, 0) is 12.8 Å². The Balaban J connectivity index is 2.18. The normalized spacial score (nSPS) is 11.3. The van der Waals surface area contributed by atoms with Crippen LogP contribution in [0, 0.1) is 5.82 Å². The molecule has 0 radical (unpaired) electrons. The number of rotatable bonds is 4. The van der Waals surface area contributed by atoms with Crippen LogP contribution >= 0.6 is 0 Å². The monoisotopic (exact) mass is 312 g/mol. The van der Waals surface area contributed by atoms with Crippen molar-refractivity contribution in [3.63, 3.8) is 0 Å². The molecule has 0 atom stereocenters. The summed E-state index contributed by atoms with van der Waals surface area (Å²) < 4.78 is 57.3. The van der Waals surface area contributed by atoms with Crippen LogP contribution in [0.1, 0.15) is 28.4 Å². The van der Waals surface area contributed by atoms with Crippen molar-refractivity contribution in [3.05, 3.63) is 65.0 Å². The molecule has 2 nitrogen and oxygen atoms in total. The van der Waals surface area contributed by atoms with Gasteiger partial charge in [-0.2, -0.15) is 13.2 Å². The second-order valence-corrected chi connectivity index (χ2v) is 4.64. The molecule has 2 aromatic rings. The minimum absolute atomic E-state index is 0.0500. The van der Waals surface area contributed by atoms with Gasteiger partial charge in [-0.15, -0.1) is 0 Å². The number of Topliss-reactive ketones (excluding diaryl/α,β-unsaturated/α-hetero) is 1. The van der Waals surface area contributed by atoms with E-state index in [1.807, 2.05) is 0 Å². The van der Waals surface area contributed by atoms with E-state index in [0.717, 1.165) is 12.1 Å². The van der Waals surface area contributed by atoms with E-state index in [9.17, 15) is 22.4 Å². The number of alkyl halides is 3. The smallest absolute Gasteiger partial charge is 0.416 e. The van der Waals surface area contributed by atoms with Crippen LogP contribution in [-0.4, -0.2) is 5.78 Å². The number of carbonyl (C=O) groups excluding carboxylic acids is 1. The molecule has 0 spiro atoms. The largest absolute Gasteiger partial charge is 0.489 e. The van der Waals surface area contributed by atoms with E-state index in [1.54, 1.807) is 0 Å². The van der Waals surface area contributed by atoms with E-state index in [2.05, 4.69) is 0 Å². The summed E-state index contributed by atoms with van der Waals surface area (Å²) in [6.45, 7) is 0.868. The Morgan fingerprint density at radius 2 is 1.82 bits per heavy atom. The number of hydrogen-bond acceptors (Lipinski definition) is 2. The average molecular weight is 312 g/mol. The molecule has 0 aliphatic rings. The molecule has 0 heterocycles. The quantitative estimate of drug-likeness (QED) is 0.608. The highest BCUT2D eigenvalue weighted by atomic mass is 19.4. The highest BCUT2D eigenvalue weighted by Gasteiger charge is 2.32. The van der Waals surface area contributed by atoms with Crippen molar-refractivity contribution in [2.24, 2.45) is 0 Å². The van der Waals surface area contributed by atoms with Gasteiger partial charge in [-0.05, 0) is 25.1 Å². The fraction of sp³-hybridized carbons (Fsp3) is 0.188. The van der Waals surface area contributed by atoms with Crippen molar-refractivity contribution in [2.75, 3.05) is 0 Å². The molecule has 2 aromatic carbocycles. The molecule has 0 aromatic heterocycles. The maximum atomic E-state index is 13.6. The number of ether oxygens (including phenoxy) is 1. The van der Waals surface area contributed by atoms with Gasteiger partial charge in [0.1, 0.15) is 18.2 Å². The van der Waals surface area contributed by atoms with Crippen molar-refractivity contribution in [3.8, 4) is 5.75 Å². The van der Waals surface area contributed by atoms with Gasteiger partial charge < -0.3 is 4.74 Å². The Morgan fingerprint density at radius 3 is 2.41 bits per heavy atom. The van der Waals surface area contributed by atoms with Crippen molar-refractivity contribution in [1.82, 2.24) is 0 Å². The molecule has 0 saturated carbocycles. The van der Waals surface area contributed by atoms with E-state index in [1.165, 1.54) is 37.3 Å². The van der Waals surface area contributed by atoms with E-state index in [0.29, 0.717) is 0 Å². The van der Waals surface area contributed by atoms with Crippen molar-refractivity contribution >= 4 is 5.78 Å². The predicted octanol–water partition coefficient (Wildman–Crippen LogP) is 4.63. The van der Waals surface area contributed by atoms with Crippen LogP contribution < -0.4 is 4.74 Å². The molecule has 22 heavy (non-hydrogen) atoms. The van der Waals surface area contributed by atoms with Gasteiger partial charge in [0.2, 0.25) is 0 Å². The molecule has 6 heteroatoms. The Bertz CT molecular complexity index is 693. The second-order valence-electron chi connectivity index (χ2n) is 4.64. The van der Waals surface area contributed by atoms with Crippen molar-refractivity contribution in [2.45, 2.75) is 19.7 Å².